The van der Waals surface area contributed by atoms with E-state index in [1.807, 2.05) is 0 Å². The van der Waals surface area contributed by atoms with E-state index in [1.54, 1.807) is 0 Å². The molecule has 0 aliphatic carbocycles. The molecule has 0 heterocycles. The number of carbonyl (C=O) groups is 2. The van der Waals surface area contributed by atoms with E-state index in [9.17, 15) is 32.9 Å². The Bertz CT molecular complexity index is 956. The van der Waals surface area contributed by atoms with Gasteiger partial charge in [-0.15, -0.1) is 0 Å². The number of halogens is 3. The Labute approximate surface area is 162 Å². The number of hydrogen-bond acceptors (Lipinski definition) is 5. The number of nitro groups is 1. The van der Waals surface area contributed by atoms with Gasteiger partial charge in [0.05, 0.1) is 16.9 Å². The summed E-state index contributed by atoms with van der Waals surface area (Å²) in [5, 5.41) is 16.7. The van der Waals surface area contributed by atoms with Gasteiger partial charge in [0.1, 0.15) is 0 Å². The van der Waals surface area contributed by atoms with Gasteiger partial charge in [-0.05, 0) is 37.3 Å². The number of hydrazone groups is 1. The van der Waals surface area contributed by atoms with E-state index in [4.69, 9.17) is 0 Å². The average molecular weight is 408 g/mol. The van der Waals surface area contributed by atoms with Crippen LogP contribution in [0.1, 0.15) is 29.3 Å². The summed E-state index contributed by atoms with van der Waals surface area (Å²) in [6.45, 7) is 1.45. The smallest absolute Gasteiger partial charge is 0.326 e. The highest BCUT2D eigenvalue weighted by Gasteiger charge is 2.30. The van der Waals surface area contributed by atoms with Crippen molar-refractivity contribution < 1.29 is 27.7 Å². The second kappa shape index (κ2) is 8.95. The van der Waals surface area contributed by atoms with Crippen LogP contribution in [-0.2, 0) is 11.0 Å². The fraction of sp³-hybridized carbons (Fsp3) is 0.167. The maximum absolute atomic E-state index is 12.7. The third-order valence-corrected chi connectivity index (χ3v) is 3.58. The van der Waals surface area contributed by atoms with Gasteiger partial charge < -0.3 is 5.32 Å². The van der Waals surface area contributed by atoms with Crippen LogP contribution in [0.15, 0.2) is 53.6 Å². The Kier molecular flexibility index (Phi) is 6.65. The Morgan fingerprint density at radius 3 is 2.38 bits per heavy atom. The van der Waals surface area contributed by atoms with Crippen LogP contribution in [0.25, 0.3) is 0 Å². The molecule has 2 aromatic rings. The molecule has 2 rings (SSSR count). The van der Waals surface area contributed by atoms with Crippen LogP contribution in [0.3, 0.4) is 0 Å². The van der Waals surface area contributed by atoms with Gasteiger partial charge in [-0.3, -0.25) is 19.7 Å². The van der Waals surface area contributed by atoms with Crippen LogP contribution in [-0.4, -0.2) is 22.4 Å². The van der Waals surface area contributed by atoms with E-state index in [2.05, 4.69) is 15.8 Å². The summed E-state index contributed by atoms with van der Waals surface area (Å²) < 4.78 is 38.1. The molecule has 2 N–H and O–H groups in total. The summed E-state index contributed by atoms with van der Waals surface area (Å²) in [4.78, 5) is 33.9. The molecule has 11 heteroatoms. The van der Waals surface area contributed by atoms with Gasteiger partial charge in [0.25, 0.3) is 11.6 Å². The zero-order chi connectivity index (χ0) is 21.6. The lowest BCUT2D eigenvalue weighted by Crippen LogP contribution is -2.21. The highest BCUT2D eigenvalue weighted by Crippen LogP contribution is 2.30. The van der Waals surface area contributed by atoms with Crippen molar-refractivity contribution in [3.05, 3.63) is 69.8 Å². The van der Waals surface area contributed by atoms with Gasteiger partial charge in [-0.1, -0.05) is 6.07 Å². The summed E-state index contributed by atoms with van der Waals surface area (Å²) in [6.07, 6.45) is -4.79. The van der Waals surface area contributed by atoms with Gasteiger partial charge in [-0.25, -0.2) is 5.43 Å². The first kappa shape index (κ1) is 21.5. The van der Waals surface area contributed by atoms with Gasteiger partial charge in [0, 0.05) is 29.1 Å². The van der Waals surface area contributed by atoms with Crippen LogP contribution in [0, 0.1) is 10.1 Å². The molecular formula is C18H15F3N4O4. The van der Waals surface area contributed by atoms with Gasteiger partial charge in [0.2, 0.25) is 5.91 Å². The molecule has 0 spiro atoms. The number of nitro benzene ring substituents is 1. The Balaban J connectivity index is 1.93. The van der Waals surface area contributed by atoms with Crippen LogP contribution < -0.4 is 10.7 Å². The molecule has 0 aliphatic rings. The molecule has 0 fully saturated rings. The lowest BCUT2D eigenvalue weighted by Gasteiger charge is -2.10. The molecule has 0 saturated heterocycles. The van der Waals surface area contributed by atoms with Crippen LogP contribution in [0.2, 0.25) is 0 Å². The number of rotatable bonds is 6. The van der Waals surface area contributed by atoms with E-state index in [1.165, 1.54) is 31.2 Å². The summed E-state index contributed by atoms with van der Waals surface area (Å²) >= 11 is 0. The summed E-state index contributed by atoms with van der Waals surface area (Å²) in [5.74, 6) is -1.26. The van der Waals surface area contributed by atoms with Crippen LogP contribution >= 0.6 is 0 Å². The Morgan fingerprint density at radius 2 is 1.79 bits per heavy atom. The number of nitrogens with one attached hydrogen (secondary N) is 2. The fourth-order valence-electron chi connectivity index (χ4n) is 2.20. The van der Waals surface area contributed by atoms with Gasteiger partial charge in [0.15, 0.2) is 0 Å². The SMILES string of the molecule is C/C(CC(=O)Nc1cccc(C(F)(F)F)c1)=N/NC(=O)c1ccc([N+](=O)[O-])cc1. The molecule has 0 aromatic heterocycles. The van der Waals surface area contributed by atoms with Crippen molar-refractivity contribution in [3.8, 4) is 0 Å². The first-order valence-electron chi connectivity index (χ1n) is 8.11. The fourth-order valence-corrected chi connectivity index (χ4v) is 2.20. The van der Waals surface area contributed by atoms with Crippen molar-refractivity contribution in [2.45, 2.75) is 19.5 Å². The van der Waals surface area contributed by atoms with Gasteiger partial charge >= 0.3 is 6.18 Å². The van der Waals surface area contributed by atoms with Crippen molar-refractivity contribution in [3.63, 3.8) is 0 Å². The van der Waals surface area contributed by atoms with E-state index < -0.39 is 28.5 Å². The standard InChI is InChI=1S/C18H15F3N4O4/c1-11(23-24-17(27)12-5-7-15(8-6-12)25(28)29)9-16(26)22-14-4-2-3-13(10-14)18(19,20)21/h2-8,10H,9H2,1H3,(H,22,26)(H,24,27)/b23-11-. The molecule has 0 atom stereocenters. The van der Waals surface area contributed by atoms with Crippen molar-refractivity contribution in [2.75, 3.05) is 5.32 Å². The number of alkyl halides is 3. The summed E-state index contributed by atoms with van der Waals surface area (Å²) in [7, 11) is 0. The molecule has 0 unspecified atom stereocenters. The topological polar surface area (TPSA) is 114 Å². The second-order valence-corrected chi connectivity index (χ2v) is 5.90. The van der Waals surface area contributed by atoms with Crippen LogP contribution in [0.5, 0.6) is 0 Å². The number of carbonyl (C=O) groups excluding carboxylic acids is 2. The maximum Gasteiger partial charge on any atom is 0.416 e. The molecular weight excluding hydrogens is 393 g/mol. The summed E-state index contributed by atoms with van der Waals surface area (Å²) in [5.41, 5.74) is 1.43. The number of amides is 2. The molecule has 2 amide bonds. The van der Waals surface area contributed by atoms with Crippen molar-refractivity contribution in [1.82, 2.24) is 5.43 Å². The number of anilines is 1. The Hall–Kier alpha value is -3.76. The van der Waals surface area contributed by atoms with Gasteiger partial charge in [-0.2, -0.15) is 18.3 Å². The number of nitrogens with zero attached hydrogens (tertiary/aromatic N) is 2. The minimum atomic E-state index is -4.53. The quantitative estimate of drug-likeness (QED) is 0.430. The number of hydrogen-bond donors (Lipinski definition) is 2. The highest BCUT2D eigenvalue weighted by atomic mass is 19.4. The van der Waals surface area contributed by atoms with Crippen molar-refractivity contribution in [1.29, 1.82) is 0 Å². The predicted molar refractivity (Wildman–Crippen MR) is 98.4 cm³/mol. The number of benzene rings is 2. The van der Waals surface area contributed by atoms with E-state index in [0.717, 1.165) is 24.3 Å². The monoisotopic (exact) mass is 408 g/mol. The zero-order valence-corrected chi connectivity index (χ0v) is 15.0. The molecule has 0 bridgehead atoms. The highest BCUT2D eigenvalue weighted by molar-refractivity contribution is 6.06. The predicted octanol–water partition coefficient (Wildman–Crippen LogP) is 3.75. The second-order valence-electron chi connectivity index (χ2n) is 5.90. The lowest BCUT2D eigenvalue weighted by molar-refractivity contribution is -0.384. The molecule has 0 radical (unpaired) electrons. The van der Waals surface area contributed by atoms with E-state index in [-0.39, 0.29) is 29.1 Å². The van der Waals surface area contributed by atoms with Crippen LogP contribution in [0.4, 0.5) is 24.5 Å². The van der Waals surface area contributed by atoms with Crippen molar-refractivity contribution in [2.24, 2.45) is 5.10 Å². The molecule has 0 saturated carbocycles. The van der Waals surface area contributed by atoms with E-state index >= 15 is 0 Å². The molecule has 0 aliphatic heterocycles. The Morgan fingerprint density at radius 1 is 1.14 bits per heavy atom. The molecule has 8 nitrogen and oxygen atoms in total. The normalized spacial score (nSPS) is 11.7. The lowest BCUT2D eigenvalue weighted by atomic mass is 10.2. The first-order chi connectivity index (χ1) is 13.6. The van der Waals surface area contributed by atoms with E-state index in [0.29, 0.717) is 0 Å². The third-order valence-electron chi connectivity index (χ3n) is 3.58. The number of non-ortho nitro benzene ring substituents is 1. The van der Waals surface area contributed by atoms with Crippen molar-refractivity contribution >= 4 is 28.9 Å². The maximum atomic E-state index is 12.7. The summed E-state index contributed by atoms with van der Waals surface area (Å²) in [6, 6.07) is 9.00. The molecule has 29 heavy (non-hydrogen) atoms. The third kappa shape index (κ3) is 6.41. The average Bonchev–Trinajstić information content (AvgIpc) is 2.65. The minimum Gasteiger partial charge on any atom is -0.326 e. The molecule has 152 valence electrons. The largest absolute Gasteiger partial charge is 0.416 e. The first-order valence-corrected chi connectivity index (χ1v) is 8.11. The molecule has 2 aromatic carbocycles. The minimum absolute atomic E-state index is 0.0208. The zero-order valence-electron chi connectivity index (χ0n) is 15.0.